The molecule has 0 fully saturated rings. The van der Waals surface area contributed by atoms with Crippen LogP contribution in [0.3, 0.4) is 0 Å². The Bertz CT molecular complexity index is 857. The molecule has 0 saturated heterocycles. The molecule has 3 amide bonds. The first-order valence-corrected chi connectivity index (χ1v) is 7.99. The van der Waals surface area contributed by atoms with E-state index in [1.165, 1.54) is 4.90 Å². The van der Waals surface area contributed by atoms with Crippen LogP contribution in [0.5, 0.6) is 0 Å². The first kappa shape index (κ1) is 17.0. The van der Waals surface area contributed by atoms with Crippen molar-refractivity contribution < 1.29 is 14.1 Å². The van der Waals surface area contributed by atoms with Crippen LogP contribution in [0.15, 0.2) is 46.1 Å². The number of nitrogens with zero attached hydrogens (tertiary/aromatic N) is 2. The molecule has 0 saturated carbocycles. The Kier molecular flexibility index (Phi) is 4.50. The van der Waals surface area contributed by atoms with Gasteiger partial charge in [0.25, 0.3) is 5.91 Å². The Morgan fingerprint density at radius 2 is 2.00 bits per heavy atom. The Morgan fingerprint density at radius 3 is 2.60 bits per heavy atom. The number of aromatic nitrogens is 1. The van der Waals surface area contributed by atoms with Gasteiger partial charge in [-0.2, -0.15) is 0 Å². The van der Waals surface area contributed by atoms with Crippen molar-refractivity contribution >= 4 is 29.4 Å². The van der Waals surface area contributed by atoms with E-state index < -0.39 is 6.04 Å². The summed E-state index contributed by atoms with van der Waals surface area (Å²) in [4.78, 5) is 26.4. The molecule has 1 atom stereocenters. The maximum atomic E-state index is 12.8. The summed E-state index contributed by atoms with van der Waals surface area (Å²) in [6, 6.07) is 7.73. The topological polar surface area (TPSA) is 87.5 Å². The third-order valence-electron chi connectivity index (χ3n) is 4.07. The first-order chi connectivity index (χ1) is 11.9. The standard InChI is InChI=1S/C17H17ClN4O3/c1-9-8-13(21-25-9)19-16(23)14-10(2)22(3)17(24)20-15(14)11-4-6-12(18)7-5-11/h4-8,15H,1-3H3,(H,20,24)(H,19,21,23). The van der Waals surface area contributed by atoms with E-state index in [1.807, 2.05) is 0 Å². The van der Waals surface area contributed by atoms with Gasteiger partial charge in [-0.15, -0.1) is 0 Å². The van der Waals surface area contributed by atoms with Crippen LogP contribution in [-0.2, 0) is 4.79 Å². The molecule has 1 unspecified atom stereocenters. The molecule has 1 aliphatic rings. The number of carbonyl (C=O) groups is 2. The van der Waals surface area contributed by atoms with Crippen LogP contribution in [0.4, 0.5) is 10.6 Å². The fourth-order valence-corrected chi connectivity index (χ4v) is 2.77. The molecule has 8 heteroatoms. The molecule has 1 aromatic carbocycles. The minimum Gasteiger partial charge on any atom is -0.360 e. The van der Waals surface area contributed by atoms with Crippen LogP contribution >= 0.6 is 11.6 Å². The summed E-state index contributed by atoms with van der Waals surface area (Å²) in [5.41, 5.74) is 1.73. The van der Waals surface area contributed by atoms with Crippen LogP contribution < -0.4 is 10.6 Å². The number of allylic oxidation sites excluding steroid dienone is 1. The molecule has 1 aliphatic heterocycles. The van der Waals surface area contributed by atoms with Crippen molar-refractivity contribution in [3.63, 3.8) is 0 Å². The number of benzene rings is 1. The predicted octanol–water partition coefficient (Wildman–Crippen LogP) is 3.25. The van der Waals surface area contributed by atoms with Crippen molar-refractivity contribution in [2.45, 2.75) is 19.9 Å². The molecule has 0 bridgehead atoms. The molecule has 2 aromatic rings. The molecule has 7 nitrogen and oxygen atoms in total. The van der Waals surface area contributed by atoms with Gasteiger partial charge in [0.2, 0.25) is 0 Å². The highest BCUT2D eigenvalue weighted by molar-refractivity contribution is 6.30. The first-order valence-electron chi connectivity index (χ1n) is 7.62. The maximum Gasteiger partial charge on any atom is 0.322 e. The molecule has 1 aromatic heterocycles. The lowest BCUT2D eigenvalue weighted by Crippen LogP contribution is -2.46. The minimum atomic E-state index is -0.589. The van der Waals surface area contributed by atoms with Gasteiger partial charge in [-0.25, -0.2) is 4.79 Å². The zero-order valence-electron chi connectivity index (χ0n) is 14.0. The average Bonchev–Trinajstić information content (AvgIpc) is 2.97. The lowest BCUT2D eigenvalue weighted by atomic mass is 9.94. The van der Waals surface area contributed by atoms with Crippen LogP contribution in [-0.4, -0.2) is 29.0 Å². The van der Waals surface area contributed by atoms with E-state index in [0.717, 1.165) is 5.56 Å². The van der Waals surface area contributed by atoms with Gasteiger partial charge >= 0.3 is 6.03 Å². The lowest BCUT2D eigenvalue weighted by molar-refractivity contribution is -0.113. The summed E-state index contributed by atoms with van der Waals surface area (Å²) in [5.74, 6) is 0.541. The quantitative estimate of drug-likeness (QED) is 0.879. The van der Waals surface area contributed by atoms with Gasteiger partial charge < -0.3 is 20.1 Å². The summed E-state index contributed by atoms with van der Waals surface area (Å²) in [6.07, 6.45) is 0. The fraction of sp³-hybridized carbons (Fsp3) is 0.235. The van der Waals surface area contributed by atoms with E-state index in [0.29, 0.717) is 27.9 Å². The van der Waals surface area contributed by atoms with Gasteiger partial charge in [-0.05, 0) is 31.5 Å². The summed E-state index contributed by atoms with van der Waals surface area (Å²) < 4.78 is 4.97. The Balaban J connectivity index is 1.99. The largest absolute Gasteiger partial charge is 0.360 e. The molecular formula is C17H17ClN4O3. The number of anilines is 1. The summed E-state index contributed by atoms with van der Waals surface area (Å²) >= 11 is 5.93. The van der Waals surface area contributed by atoms with Crippen LogP contribution in [0.1, 0.15) is 24.3 Å². The van der Waals surface area contributed by atoms with Crippen molar-refractivity contribution in [3.8, 4) is 0 Å². The molecule has 130 valence electrons. The Morgan fingerprint density at radius 1 is 1.32 bits per heavy atom. The van der Waals surface area contributed by atoms with E-state index in [4.69, 9.17) is 16.1 Å². The van der Waals surface area contributed by atoms with Gasteiger partial charge in [0.15, 0.2) is 5.82 Å². The number of nitrogens with one attached hydrogen (secondary N) is 2. The van der Waals surface area contributed by atoms with Crippen LogP contribution in [0.25, 0.3) is 0 Å². The number of urea groups is 1. The second kappa shape index (κ2) is 6.60. The van der Waals surface area contributed by atoms with Gasteiger partial charge in [-0.3, -0.25) is 4.79 Å². The lowest BCUT2D eigenvalue weighted by Gasteiger charge is -2.33. The monoisotopic (exact) mass is 360 g/mol. The third kappa shape index (κ3) is 3.36. The summed E-state index contributed by atoms with van der Waals surface area (Å²) in [6.45, 7) is 3.46. The summed E-state index contributed by atoms with van der Waals surface area (Å²) in [5, 5.41) is 9.89. The summed E-state index contributed by atoms with van der Waals surface area (Å²) in [7, 11) is 1.61. The van der Waals surface area contributed by atoms with Gasteiger partial charge in [0.05, 0.1) is 11.6 Å². The SMILES string of the molecule is CC1=C(C(=O)Nc2cc(C)on2)C(c2ccc(Cl)cc2)NC(=O)N1C. The van der Waals surface area contributed by atoms with Crippen molar-refractivity contribution in [1.29, 1.82) is 0 Å². The number of carbonyl (C=O) groups excluding carboxylic acids is 2. The van der Waals surface area contributed by atoms with E-state index in [-0.39, 0.29) is 11.9 Å². The second-order valence-electron chi connectivity index (χ2n) is 5.77. The van der Waals surface area contributed by atoms with Gasteiger partial charge in [0.1, 0.15) is 5.76 Å². The average molecular weight is 361 g/mol. The van der Waals surface area contributed by atoms with Gasteiger partial charge in [0, 0.05) is 23.8 Å². The zero-order chi connectivity index (χ0) is 18.1. The number of amides is 3. The van der Waals surface area contributed by atoms with Crippen LogP contribution in [0.2, 0.25) is 5.02 Å². The molecule has 2 heterocycles. The fourth-order valence-electron chi connectivity index (χ4n) is 2.64. The van der Waals surface area contributed by atoms with Crippen molar-refractivity contribution in [3.05, 3.63) is 57.9 Å². The van der Waals surface area contributed by atoms with Gasteiger partial charge in [-0.1, -0.05) is 28.9 Å². The van der Waals surface area contributed by atoms with E-state index in [2.05, 4.69) is 15.8 Å². The number of halogens is 1. The number of rotatable bonds is 3. The van der Waals surface area contributed by atoms with Crippen molar-refractivity contribution in [1.82, 2.24) is 15.4 Å². The maximum absolute atomic E-state index is 12.8. The highest BCUT2D eigenvalue weighted by atomic mass is 35.5. The Labute approximate surface area is 149 Å². The zero-order valence-corrected chi connectivity index (χ0v) is 14.7. The highest BCUT2D eigenvalue weighted by Gasteiger charge is 2.34. The third-order valence-corrected chi connectivity index (χ3v) is 4.32. The molecular weight excluding hydrogens is 344 g/mol. The second-order valence-corrected chi connectivity index (χ2v) is 6.21. The smallest absolute Gasteiger partial charge is 0.322 e. The molecule has 0 spiro atoms. The van der Waals surface area contributed by atoms with E-state index in [1.54, 1.807) is 51.2 Å². The Hall–Kier alpha value is -2.80. The number of hydrogen-bond acceptors (Lipinski definition) is 4. The van der Waals surface area contributed by atoms with E-state index >= 15 is 0 Å². The normalized spacial score (nSPS) is 17.5. The number of aryl methyl sites for hydroxylation is 1. The predicted molar refractivity (Wildman–Crippen MR) is 93.1 cm³/mol. The minimum absolute atomic E-state index is 0.286. The molecule has 25 heavy (non-hydrogen) atoms. The molecule has 0 radical (unpaired) electrons. The number of hydrogen-bond donors (Lipinski definition) is 2. The van der Waals surface area contributed by atoms with Crippen LogP contribution in [0, 0.1) is 6.92 Å². The molecule has 3 rings (SSSR count). The molecule has 2 N–H and O–H groups in total. The van der Waals surface area contributed by atoms with E-state index in [9.17, 15) is 9.59 Å². The van der Waals surface area contributed by atoms with Crippen molar-refractivity contribution in [2.24, 2.45) is 0 Å². The molecule has 0 aliphatic carbocycles. The highest BCUT2D eigenvalue weighted by Crippen LogP contribution is 2.31. The van der Waals surface area contributed by atoms with Crippen molar-refractivity contribution in [2.75, 3.05) is 12.4 Å².